The van der Waals surface area contributed by atoms with Crippen molar-refractivity contribution in [2.24, 2.45) is 5.92 Å². The molecule has 0 rings (SSSR count). The molecule has 0 amide bonds. The number of rotatable bonds is 3. The zero-order valence-corrected chi connectivity index (χ0v) is 8.50. The Labute approximate surface area is 78.4 Å². The average molecular weight is 189 g/mol. The van der Waals surface area contributed by atoms with Crippen LogP contribution in [-0.4, -0.2) is 0 Å². The predicted molar refractivity (Wildman–Crippen MR) is 52.8 cm³/mol. The van der Waals surface area contributed by atoms with Crippen LogP contribution >= 0.6 is 11.6 Å². The van der Waals surface area contributed by atoms with Crippen LogP contribution in [0.25, 0.3) is 0 Å². The molecule has 0 fully saturated rings. The summed E-state index contributed by atoms with van der Waals surface area (Å²) in [6.45, 7) is 12.5. The van der Waals surface area contributed by atoms with Crippen LogP contribution < -0.4 is 0 Å². The first-order valence-corrected chi connectivity index (χ1v) is 4.16. The topological polar surface area (TPSA) is 0 Å². The zero-order valence-electron chi connectivity index (χ0n) is 7.75. The summed E-state index contributed by atoms with van der Waals surface area (Å²) in [5, 5.41) is 0.0775. The highest BCUT2D eigenvalue weighted by Crippen LogP contribution is 2.27. The number of halogens is 2. The molecular formula is C10H14ClF. The van der Waals surface area contributed by atoms with E-state index in [1.54, 1.807) is 6.92 Å². The van der Waals surface area contributed by atoms with Crippen LogP contribution in [0.15, 0.2) is 35.2 Å². The maximum atomic E-state index is 13.3. The molecule has 0 aromatic rings. The van der Waals surface area contributed by atoms with Crippen LogP contribution in [0.1, 0.15) is 20.8 Å². The molecule has 0 radical (unpaired) electrons. The van der Waals surface area contributed by atoms with Crippen LogP contribution in [0.4, 0.5) is 4.39 Å². The Morgan fingerprint density at radius 1 is 1.33 bits per heavy atom. The summed E-state index contributed by atoms with van der Waals surface area (Å²) in [4.78, 5) is 0. The normalized spacial score (nSPS) is 12.8. The fraction of sp³-hybridized carbons (Fsp3) is 0.400. The molecule has 0 aliphatic heterocycles. The number of hydrogen-bond donors (Lipinski definition) is 0. The van der Waals surface area contributed by atoms with E-state index in [1.807, 2.05) is 13.8 Å². The number of hydrogen-bond acceptors (Lipinski definition) is 0. The molecule has 0 nitrogen and oxygen atoms in total. The van der Waals surface area contributed by atoms with Gasteiger partial charge in [-0.05, 0) is 24.0 Å². The maximum Gasteiger partial charge on any atom is 0.144 e. The molecule has 2 heteroatoms. The van der Waals surface area contributed by atoms with Crippen LogP contribution in [-0.2, 0) is 0 Å². The van der Waals surface area contributed by atoms with Gasteiger partial charge < -0.3 is 0 Å². The third kappa shape index (κ3) is 2.82. The second-order valence-electron chi connectivity index (χ2n) is 3.09. The SMILES string of the molecule is C=C(C)/C(Cl)=C(/F)C(=C)C(C)C. The lowest BCUT2D eigenvalue weighted by Gasteiger charge is -2.08. The Balaban J connectivity index is 4.79. The van der Waals surface area contributed by atoms with Gasteiger partial charge in [0, 0.05) is 0 Å². The first-order chi connectivity index (χ1) is 5.37. The van der Waals surface area contributed by atoms with Gasteiger partial charge in [-0.15, -0.1) is 0 Å². The fourth-order valence-corrected chi connectivity index (χ4v) is 0.703. The van der Waals surface area contributed by atoms with E-state index in [-0.39, 0.29) is 11.0 Å². The third-order valence-electron chi connectivity index (χ3n) is 1.55. The van der Waals surface area contributed by atoms with Crippen molar-refractivity contribution >= 4 is 11.6 Å². The highest BCUT2D eigenvalue weighted by Gasteiger charge is 2.11. The van der Waals surface area contributed by atoms with Crippen molar-refractivity contribution in [3.05, 3.63) is 35.2 Å². The average Bonchev–Trinajstić information content (AvgIpc) is 2.00. The Morgan fingerprint density at radius 3 is 2.00 bits per heavy atom. The van der Waals surface area contributed by atoms with Gasteiger partial charge in [0.15, 0.2) is 0 Å². The van der Waals surface area contributed by atoms with Crippen LogP contribution in [0, 0.1) is 5.92 Å². The summed E-state index contributed by atoms with van der Waals surface area (Å²) in [6.07, 6.45) is 0. The highest BCUT2D eigenvalue weighted by atomic mass is 35.5. The van der Waals surface area contributed by atoms with Crippen LogP contribution in [0.3, 0.4) is 0 Å². The second kappa shape index (κ2) is 4.46. The van der Waals surface area contributed by atoms with Gasteiger partial charge in [-0.1, -0.05) is 38.6 Å². The Hall–Kier alpha value is -0.560. The third-order valence-corrected chi connectivity index (χ3v) is 2.03. The van der Waals surface area contributed by atoms with Gasteiger partial charge in [0.2, 0.25) is 0 Å². The van der Waals surface area contributed by atoms with E-state index in [4.69, 9.17) is 11.6 Å². The van der Waals surface area contributed by atoms with Gasteiger partial charge in [-0.25, -0.2) is 4.39 Å². The van der Waals surface area contributed by atoms with Crippen molar-refractivity contribution < 1.29 is 4.39 Å². The second-order valence-corrected chi connectivity index (χ2v) is 3.47. The van der Waals surface area contributed by atoms with E-state index >= 15 is 0 Å². The standard InChI is InChI=1S/C10H14ClF/c1-6(2)8(5)10(12)9(11)7(3)4/h6H,3,5H2,1-2,4H3/b10-9-. The smallest absolute Gasteiger partial charge is 0.144 e. The van der Waals surface area contributed by atoms with E-state index in [9.17, 15) is 4.39 Å². The summed E-state index contributed by atoms with van der Waals surface area (Å²) in [6, 6.07) is 0. The molecule has 0 saturated heterocycles. The quantitative estimate of drug-likeness (QED) is 0.583. The summed E-state index contributed by atoms with van der Waals surface area (Å²) in [5.41, 5.74) is 0.943. The van der Waals surface area contributed by atoms with Crippen molar-refractivity contribution in [2.45, 2.75) is 20.8 Å². The van der Waals surface area contributed by atoms with Crippen molar-refractivity contribution in [3.63, 3.8) is 0 Å². The van der Waals surface area contributed by atoms with Gasteiger partial charge in [0.1, 0.15) is 5.83 Å². The molecular weight excluding hydrogens is 175 g/mol. The van der Waals surface area contributed by atoms with E-state index in [2.05, 4.69) is 13.2 Å². The number of allylic oxidation sites excluding steroid dienone is 4. The highest BCUT2D eigenvalue weighted by molar-refractivity contribution is 6.32. The van der Waals surface area contributed by atoms with Crippen LogP contribution in [0.5, 0.6) is 0 Å². The molecule has 68 valence electrons. The first kappa shape index (κ1) is 11.4. The lowest BCUT2D eigenvalue weighted by molar-refractivity contribution is 0.607. The lowest BCUT2D eigenvalue weighted by atomic mass is 10.0. The Kier molecular flexibility index (Phi) is 4.25. The van der Waals surface area contributed by atoms with Gasteiger partial charge in [-0.2, -0.15) is 0 Å². The monoisotopic (exact) mass is 188 g/mol. The summed E-state index contributed by atoms with van der Waals surface area (Å²) < 4.78 is 13.3. The Morgan fingerprint density at radius 2 is 1.75 bits per heavy atom. The largest absolute Gasteiger partial charge is 0.205 e. The summed E-state index contributed by atoms with van der Waals surface area (Å²) >= 11 is 5.65. The van der Waals surface area contributed by atoms with Crippen molar-refractivity contribution in [3.8, 4) is 0 Å². The Bertz CT molecular complexity index is 236. The van der Waals surface area contributed by atoms with Crippen molar-refractivity contribution in [1.82, 2.24) is 0 Å². The van der Waals surface area contributed by atoms with E-state index in [1.165, 1.54) is 0 Å². The molecule has 0 unspecified atom stereocenters. The predicted octanol–water partition coefficient (Wildman–Crippen LogP) is 4.19. The van der Waals surface area contributed by atoms with E-state index in [0.29, 0.717) is 11.1 Å². The molecule has 0 N–H and O–H groups in total. The zero-order chi connectivity index (χ0) is 9.89. The summed E-state index contributed by atoms with van der Waals surface area (Å²) in [5.74, 6) is -0.378. The van der Waals surface area contributed by atoms with Crippen molar-refractivity contribution in [2.75, 3.05) is 0 Å². The molecule has 0 aliphatic carbocycles. The maximum absolute atomic E-state index is 13.3. The molecule has 0 atom stereocenters. The molecule has 12 heavy (non-hydrogen) atoms. The van der Waals surface area contributed by atoms with E-state index < -0.39 is 5.83 Å². The molecule has 0 saturated carbocycles. The van der Waals surface area contributed by atoms with Gasteiger partial charge in [0.25, 0.3) is 0 Å². The first-order valence-electron chi connectivity index (χ1n) is 3.78. The van der Waals surface area contributed by atoms with Gasteiger partial charge in [0.05, 0.1) is 5.03 Å². The molecule has 0 heterocycles. The minimum Gasteiger partial charge on any atom is -0.205 e. The molecule has 0 spiro atoms. The molecule has 0 aliphatic rings. The fourth-order valence-electron chi connectivity index (χ4n) is 0.582. The van der Waals surface area contributed by atoms with E-state index in [0.717, 1.165) is 0 Å². The van der Waals surface area contributed by atoms with Gasteiger partial charge >= 0.3 is 0 Å². The molecule has 0 bridgehead atoms. The molecule has 0 aromatic heterocycles. The minimum atomic E-state index is -0.445. The van der Waals surface area contributed by atoms with Gasteiger partial charge in [-0.3, -0.25) is 0 Å². The van der Waals surface area contributed by atoms with Crippen LogP contribution in [0.2, 0.25) is 0 Å². The van der Waals surface area contributed by atoms with Crippen molar-refractivity contribution in [1.29, 1.82) is 0 Å². The summed E-state index contributed by atoms with van der Waals surface area (Å²) in [7, 11) is 0. The lowest BCUT2D eigenvalue weighted by Crippen LogP contribution is -1.94. The minimum absolute atomic E-state index is 0.0677. The molecule has 0 aromatic carbocycles.